The normalized spacial score (nSPS) is 11.8. The van der Waals surface area contributed by atoms with Crippen LogP contribution < -0.4 is 10.1 Å². The second-order valence-corrected chi connectivity index (χ2v) is 7.10. The van der Waals surface area contributed by atoms with Crippen LogP contribution in [0.5, 0.6) is 5.75 Å². The number of halogens is 2. The number of carbonyl (C=O) groups is 1. The Labute approximate surface area is 156 Å². The highest BCUT2D eigenvalue weighted by Gasteiger charge is 2.13. The molecule has 24 heavy (non-hydrogen) atoms. The van der Waals surface area contributed by atoms with Gasteiger partial charge >= 0.3 is 0 Å². The first kappa shape index (κ1) is 19.0. The van der Waals surface area contributed by atoms with Crippen molar-refractivity contribution in [3.8, 4) is 5.75 Å². The highest BCUT2D eigenvalue weighted by atomic mass is 35.5. The first-order valence-corrected chi connectivity index (χ1v) is 9.48. The summed E-state index contributed by atoms with van der Waals surface area (Å²) in [5, 5.41) is 4.18. The lowest BCUT2D eigenvalue weighted by Gasteiger charge is -2.14. The number of benzene rings is 2. The third-order valence-corrected chi connectivity index (χ3v) is 4.84. The zero-order valence-electron chi connectivity index (χ0n) is 13.3. The Hall–Kier alpha value is -1.36. The van der Waals surface area contributed by atoms with Gasteiger partial charge in [0.2, 0.25) is 0 Å². The number of amides is 1. The average molecular weight is 384 g/mol. The summed E-state index contributed by atoms with van der Waals surface area (Å²) < 4.78 is 5.58. The van der Waals surface area contributed by atoms with Gasteiger partial charge in [0.25, 0.3) is 5.91 Å². The molecule has 2 rings (SSSR count). The Balaban J connectivity index is 1.65. The molecule has 1 N–H and O–H groups in total. The number of ether oxygens (including phenoxy) is 1. The number of para-hydroxylation sites is 1. The molecule has 6 heteroatoms. The SMILES string of the molecule is C[C@H](Oc1ccccc1)C(=O)NCCSCc1ccc(Cl)cc1Cl. The maximum atomic E-state index is 12.0. The summed E-state index contributed by atoms with van der Waals surface area (Å²) in [6.45, 7) is 2.32. The Morgan fingerprint density at radius 2 is 1.96 bits per heavy atom. The molecule has 128 valence electrons. The number of hydrogen-bond acceptors (Lipinski definition) is 3. The number of hydrogen-bond donors (Lipinski definition) is 1. The van der Waals surface area contributed by atoms with Crippen LogP contribution in [0.3, 0.4) is 0 Å². The lowest BCUT2D eigenvalue weighted by atomic mass is 10.2. The van der Waals surface area contributed by atoms with Crippen molar-refractivity contribution in [2.24, 2.45) is 0 Å². The quantitative estimate of drug-likeness (QED) is 0.664. The second kappa shape index (κ2) is 9.82. The molecule has 0 aliphatic rings. The van der Waals surface area contributed by atoms with E-state index in [1.807, 2.05) is 42.5 Å². The van der Waals surface area contributed by atoms with Crippen LogP contribution in [-0.2, 0) is 10.5 Å². The second-order valence-electron chi connectivity index (χ2n) is 5.15. The standard InChI is InChI=1S/C18H19Cl2NO2S/c1-13(23-16-5-3-2-4-6-16)18(22)21-9-10-24-12-14-7-8-15(19)11-17(14)20/h2-8,11,13H,9-10,12H2,1H3,(H,21,22)/t13-/m0/s1. The number of rotatable bonds is 8. The van der Waals surface area contributed by atoms with Crippen LogP contribution >= 0.6 is 35.0 Å². The highest BCUT2D eigenvalue weighted by molar-refractivity contribution is 7.98. The Kier molecular flexibility index (Phi) is 7.76. The fourth-order valence-corrected chi connectivity index (χ4v) is 3.38. The molecule has 3 nitrogen and oxygen atoms in total. The van der Waals surface area contributed by atoms with E-state index >= 15 is 0 Å². The number of thioether (sulfide) groups is 1. The zero-order valence-corrected chi connectivity index (χ0v) is 15.6. The number of carbonyl (C=O) groups excluding carboxylic acids is 1. The molecule has 0 radical (unpaired) electrons. The summed E-state index contributed by atoms with van der Waals surface area (Å²) in [5.74, 6) is 2.14. The minimum absolute atomic E-state index is 0.121. The van der Waals surface area contributed by atoms with E-state index in [4.69, 9.17) is 27.9 Å². The summed E-state index contributed by atoms with van der Waals surface area (Å²) in [4.78, 5) is 12.0. The first-order valence-electron chi connectivity index (χ1n) is 7.57. The summed E-state index contributed by atoms with van der Waals surface area (Å²) in [6, 6.07) is 14.8. The van der Waals surface area contributed by atoms with Crippen LogP contribution in [0.1, 0.15) is 12.5 Å². The van der Waals surface area contributed by atoms with Crippen LogP contribution in [0.2, 0.25) is 10.0 Å². The fourth-order valence-electron chi connectivity index (χ4n) is 1.97. The fraction of sp³-hybridized carbons (Fsp3) is 0.278. The molecule has 0 aliphatic heterocycles. The van der Waals surface area contributed by atoms with E-state index in [1.165, 1.54) is 0 Å². The van der Waals surface area contributed by atoms with E-state index in [0.717, 1.165) is 17.1 Å². The zero-order chi connectivity index (χ0) is 17.4. The van der Waals surface area contributed by atoms with Crippen LogP contribution in [-0.4, -0.2) is 24.3 Å². The summed E-state index contributed by atoms with van der Waals surface area (Å²) in [6.07, 6.45) is -0.525. The van der Waals surface area contributed by atoms with E-state index in [1.54, 1.807) is 24.8 Å². The van der Waals surface area contributed by atoms with Crippen molar-refractivity contribution in [1.82, 2.24) is 5.32 Å². The Morgan fingerprint density at radius 3 is 2.67 bits per heavy atom. The topological polar surface area (TPSA) is 38.3 Å². The lowest BCUT2D eigenvalue weighted by Crippen LogP contribution is -2.37. The maximum Gasteiger partial charge on any atom is 0.260 e. The van der Waals surface area contributed by atoms with Crippen molar-refractivity contribution in [1.29, 1.82) is 0 Å². The molecule has 1 amide bonds. The van der Waals surface area contributed by atoms with Gasteiger partial charge in [-0.2, -0.15) is 11.8 Å². The monoisotopic (exact) mass is 383 g/mol. The smallest absolute Gasteiger partial charge is 0.260 e. The predicted octanol–water partition coefficient (Wildman–Crippen LogP) is 4.81. The molecule has 2 aromatic carbocycles. The van der Waals surface area contributed by atoms with Gasteiger partial charge in [-0.25, -0.2) is 0 Å². The van der Waals surface area contributed by atoms with E-state index < -0.39 is 6.10 Å². The third-order valence-electron chi connectivity index (χ3n) is 3.24. The maximum absolute atomic E-state index is 12.0. The lowest BCUT2D eigenvalue weighted by molar-refractivity contribution is -0.127. The molecule has 2 aromatic rings. The summed E-state index contributed by atoms with van der Waals surface area (Å²) >= 11 is 13.7. The van der Waals surface area contributed by atoms with Gasteiger partial charge in [0.1, 0.15) is 5.75 Å². The molecule has 0 aliphatic carbocycles. The van der Waals surface area contributed by atoms with Gasteiger partial charge in [-0.1, -0.05) is 47.5 Å². The Bertz CT molecular complexity index is 667. The van der Waals surface area contributed by atoms with Gasteiger partial charge < -0.3 is 10.1 Å². The van der Waals surface area contributed by atoms with Gasteiger partial charge in [-0.3, -0.25) is 4.79 Å². The first-order chi connectivity index (χ1) is 11.6. The van der Waals surface area contributed by atoms with Gasteiger partial charge in [0.15, 0.2) is 6.10 Å². The van der Waals surface area contributed by atoms with E-state index in [0.29, 0.717) is 22.3 Å². The van der Waals surface area contributed by atoms with E-state index in [2.05, 4.69) is 5.32 Å². The molecule has 0 heterocycles. The molecule has 0 spiro atoms. The molecule has 0 aromatic heterocycles. The molecule has 1 atom stereocenters. The minimum Gasteiger partial charge on any atom is -0.481 e. The van der Waals surface area contributed by atoms with Gasteiger partial charge in [-0.15, -0.1) is 0 Å². The van der Waals surface area contributed by atoms with Crippen LogP contribution in [0.25, 0.3) is 0 Å². The summed E-state index contributed by atoms with van der Waals surface area (Å²) in [5.41, 5.74) is 1.04. The molecular formula is C18H19Cl2NO2S. The van der Waals surface area contributed by atoms with Crippen LogP contribution in [0, 0.1) is 0 Å². The Morgan fingerprint density at radius 1 is 1.21 bits per heavy atom. The van der Waals surface area contributed by atoms with Crippen molar-refractivity contribution in [3.05, 3.63) is 64.1 Å². The molecule has 0 bridgehead atoms. The van der Waals surface area contributed by atoms with Crippen LogP contribution in [0.15, 0.2) is 48.5 Å². The van der Waals surface area contributed by atoms with E-state index in [-0.39, 0.29) is 5.91 Å². The predicted molar refractivity (Wildman–Crippen MR) is 102 cm³/mol. The van der Waals surface area contributed by atoms with Crippen LogP contribution in [0.4, 0.5) is 0 Å². The summed E-state index contributed by atoms with van der Waals surface area (Å²) in [7, 11) is 0. The van der Waals surface area contributed by atoms with Gasteiger partial charge in [0.05, 0.1) is 0 Å². The molecule has 0 saturated carbocycles. The third kappa shape index (κ3) is 6.27. The van der Waals surface area contributed by atoms with Crippen molar-refractivity contribution >= 4 is 40.9 Å². The minimum atomic E-state index is -0.525. The molecule has 0 saturated heterocycles. The van der Waals surface area contributed by atoms with Crippen molar-refractivity contribution < 1.29 is 9.53 Å². The molecule has 0 unspecified atom stereocenters. The molecule has 0 fully saturated rings. The molecular weight excluding hydrogens is 365 g/mol. The van der Waals surface area contributed by atoms with Crippen molar-refractivity contribution in [3.63, 3.8) is 0 Å². The van der Waals surface area contributed by atoms with Crippen molar-refractivity contribution in [2.45, 2.75) is 18.8 Å². The average Bonchev–Trinajstić information content (AvgIpc) is 2.57. The van der Waals surface area contributed by atoms with Gasteiger partial charge in [0, 0.05) is 28.1 Å². The van der Waals surface area contributed by atoms with E-state index in [9.17, 15) is 4.79 Å². The highest BCUT2D eigenvalue weighted by Crippen LogP contribution is 2.24. The van der Waals surface area contributed by atoms with Crippen molar-refractivity contribution in [2.75, 3.05) is 12.3 Å². The largest absolute Gasteiger partial charge is 0.481 e. The number of nitrogens with one attached hydrogen (secondary N) is 1. The van der Waals surface area contributed by atoms with Gasteiger partial charge in [-0.05, 0) is 36.8 Å².